The molecule has 0 amide bonds. The first-order valence-corrected chi connectivity index (χ1v) is 7.03. The van der Waals surface area contributed by atoms with Crippen molar-refractivity contribution in [3.05, 3.63) is 35.4 Å². The van der Waals surface area contributed by atoms with Crippen molar-refractivity contribution >= 4 is 0 Å². The lowest BCUT2D eigenvalue weighted by atomic mass is 9.58. The van der Waals surface area contributed by atoms with E-state index in [0.29, 0.717) is 5.41 Å². The Bertz CT molecular complexity index is 400. The standard InChI is InChI=1S/C16H23N/c1-12-5-3-6-14(11-12)16-8-4-7-15(13(16)2)17-10-9-16/h3,5-6,11,13,15,17H,4,7-10H2,1-2H3/t13-,15-,16+/m0/s1. The molecular formula is C16H23N. The first kappa shape index (κ1) is 11.3. The molecule has 0 unspecified atom stereocenters. The van der Waals surface area contributed by atoms with Gasteiger partial charge in [-0.2, -0.15) is 0 Å². The molecule has 1 aliphatic carbocycles. The molecule has 1 aliphatic heterocycles. The molecule has 2 fully saturated rings. The third-order valence-corrected chi connectivity index (χ3v) is 5.18. The number of benzene rings is 1. The molecule has 3 rings (SSSR count). The molecule has 1 saturated carbocycles. The highest BCUT2D eigenvalue weighted by atomic mass is 14.9. The van der Waals surface area contributed by atoms with Gasteiger partial charge in [0.1, 0.15) is 0 Å². The summed E-state index contributed by atoms with van der Waals surface area (Å²) in [6.07, 6.45) is 5.45. The van der Waals surface area contributed by atoms with E-state index < -0.39 is 0 Å². The lowest BCUT2D eigenvalue weighted by molar-refractivity contribution is 0.102. The maximum Gasteiger partial charge on any atom is 0.0101 e. The van der Waals surface area contributed by atoms with Crippen LogP contribution in [0.5, 0.6) is 0 Å². The van der Waals surface area contributed by atoms with Crippen LogP contribution in [0.25, 0.3) is 0 Å². The number of hydrogen-bond donors (Lipinski definition) is 1. The van der Waals surface area contributed by atoms with E-state index in [-0.39, 0.29) is 0 Å². The summed E-state index contributed by atoms with van der Waals surface area (Å²) in [5.41, 5.74) is 3.46. The van der Waals surface area contributed by atoms with Crippen molar-refractivity contribution in [3.63, 3.8) is 0 Å². The molecule has 2 aliphatic rings. The van der Waals surface area contributed by atoms with E-state index in [1.165, 1.54) is 37.8 Å². The van der Waals surface area contributed by atoms with Crippen molar-refractivity contribution in [2.24, 2.45) is 5.92 Å². The van der Waals surface area contributed by atoms with Gasteiger partial charge in [-0.05, 0) is 44.2 Å². The second kappa shape index (κ2) is 4.13. The number of aryl methyl sites for hydroxylation is 1. The van der Waals surface area contributed by atoms with Crippen LogP contribution in [0.1, 0.15) is 43.7 Å². The first-order chi connectivity index (χ1) is 8.22. The Morgan fingerprint density at radius 2 is 2.18 bits per heavy atom. The SMILES string of the molecule is Cc1cccc([C@]23CCC[C@H](NCC2)[C@@H]3C)c1. The average Bonchev–Trinajstić information content (AvgIpc) is 2.29. The van der Waals surface area contributed by atoms with E-state index in [9.17, 15) is 0 Å². The van der Waals surface area contributed by atoms with Gasteiger partial charge >= 0.3 is 0 Å². The quantitative estimate of drug-likeness (QED) is 0.778. The molecule has 0 radical (unpaired) electrons. The topological polar surface area (TPSA) is 12.0 Å². The molecule has 1 aromatic carbocycles. The van der Waals surface area contributed by atoms with Gasteiger partial charge in [-0.15, -0.1) is 0 Å². The molecule has 1 saturated heterocycles. The van der Waals surface area contributed by atoms with Crippen LogP contribution in [0.3, 0.4) is 0 Å². The van der Waals surface area contributed by atoms with Gasteiger partial charge in [0.2, 0.25) is 0 Å². The Morgan fingerprint density at radius 3 is 3.00 bits per heavy atom. The first-order valence-electron chi connectivity index (χ1n) is 7.03. The Morgan fingerprint density at radius 1 is 1.29 bits per heavy atom. The average molecular weight is 229 g/mol. The van der Waals surface area contributed by atoms with Crippen molar-refractivity contribution in [1.29, 1.82) is 0 Å². The fourth-order valence-corrected chi connectivity index (χ4v) is 4.12. The summed E-state index contributed by atoms with van der Waals surface area (Å²) < 4.78 is 0. The summed E-state index contributed by atoms with van der Waals surface area (Å²) in [4.78, 5) is 0. The van der Waals surface area contributed by atoms with Gasteiger partial charge in [0, 0.05) is 11.5 Å². The summed E-state index contributed by atoms with van der Waals surface area (Å²) in [5, 5.41) is 3.71. The molecule has 92 valence electrons. The Balaban J connectivity index is 2.03. The van der Waals surface area contributed by atoms with E-state index in [4.69, 9.17) is 0 Å². The van der Waals surface area contributed by atoms with Crippen LogP contribution >= 0.6 is 0 Å². The smallest absolute Gasteiger partial charge is 0.0101 e. The maximum atomic E-state index is 3.71. The van der Waals surface area contributed by atoms with Crippen molar-refractivity contribution in [2.45, 2.75) is 51.0 Å². The van der Waals surface area contributed by atoms with Gasteiger partial charge in [0.05, 0.1) is 0 Å². The largest absolute Gasteiger partial charge is 0.314 e. The second-order valence-corrected chi connectivity index (χ2v) is 6.02. The Hall–Kier alpha value is -0.820. The van der Waals surface area contributed by atoms with E-state index in [1.54, 1.807) is 5.56 Å². The van der Waals surface area contributed by atoms with Crippen LogP contribution in [-0.2, 0) is 5.41 Å². The third kappa shape index (κ3) is 1.72. The number of piperidine rings is 1. The van der Waals surface area contributed by atoms with Gasteiger partial charge < -0.3 is 5.32 Å². The second-order valence-electron chi connectivity index (χ2n) is 6.02. The minimum absolute atomic E-state index is 0.459. The number of fused-ring (bicyclic) bond motifs is 2. The van der Waals surface area contributed by atoms with Crippen molar-refractivity contribution < 1.29 is 0 Å². The molecule has 1 aromatic rings. The molecule has 1 heteroatoms. The van der Waals surface area contributed by atoms with E-state index in [1.807, 2.05) is 0 Å². The van der Waals surface area contributed by atoms with Crippen molar-refractivity contribution in [3.8, 4) is 0 Å². The van der Waals surface area contributed by atoms with Crippen molar-refractivity contribution in [1.82, 2.24) is 5.32 Å². The fourth-order valence-electron chi connectivity index (χ4n) is 4.12. The normalized spacial score (nSPS) is 36.8. The lowest BCUT2D eigenvalue weighted by Gasteiger charge is -2.51. The highest BCUT2D eigenvalue weighted by molar-refractivity contribution is 5.32. The zero-order valence-corrected chi connectivity index (χ0v) is 11.0. The number of rotatable bonds is 1. The van der Waals surface area contributed by atoms with Gasteiger partial charge in [-0.25, -0.2) is 0 Å². The minimum Gasteiger partial charge on any atom is -0.314 e. The summed E-state index contributed by atoms with van der Waals surface area (Å²) in [7, 11) is 0. The summed E-state index contributed by atoms with van der Waals surface area (Å²) in [6.45, 7) is 5.87. The van der Waals surface area contributed by atoms with Crippen LogP contribution in [0.4, 0.5) is 0 Å². The molecule has 17 heavy (non-hydrogen) atoms. The Labute approximate surface area is 105 Å². The van der Waals surface area contributed by atoms with Crippen LogP contribution < -0.4 is 5.32 Å². The highest BCUT2D eigenvalue weighted by Crippen LogP contribution is 2.48. The van der Waals surface area contributed by atoms with Crippen LogP contribution in [0, 0.1) is 12.8 Å². The maximum absolute atomic E-state index is 3.71. The van der Waals surface area contributed by atoms with Crippen LogP contribution in [0.15, 0.2) is 24.3 Å². The predicted octanol–water partition coefficient (Wildman–Crippen LogP) is 3.41. The third-order valence-electron chi connectivity index (χ3n) is 5.18. The highest BCUT2D eigenvalue weighted by Gasteiger charge is 2.46. The molecule has 0 spiro atoms. The fraction of sp³-hybridized carbons (Fsp3) is 0.625. The molecular weight excluding hydrogens is 206 g/mol. The summed E-state index contributed by atoms with van der Waals surface area (Å²) in [6, 6.07) is 9.98. The van der Waals surface area contributed by atoms with Gasteiger partial charge in [-0.1, -0.05) is 43.2 Å². The molecule has 1 N–H and O–H groups in total. The van der Waals surface area contributed by atoms with Crippen LogP contribution in [0.2, 0.25) is 0 Å². The molecule has 0 aromatic heterocycles. The molecule has 1 heterocycles. The lowest BCUT2D eigenvalue weighted by Crippen LogP contribution is -2.55. The number of nitrogens with one attached hydrogen (secondary N) is 1. The van der Waals surface area contributed by atoms with E-state index in [2.05, 4.69) is 43.4 Å². The molecule has 2 bridgehead atoms. The zero-order chi connectivity index (χ0) is 11.9. The van der Waals surface area contributed by atoms with Gasteiger partial charge in [0.15, 0.2) is 0 Å². The van der Waals surface area contributed by atoms with Gasteiger partial charge in [0.25, 0.3) is 0 Å². The van der Waals surface area contributed by atoms with E-state index >= 15 is 0 Å². The van der Waals surface area contributed by atoms with Gasteiger partial charge in [-0.3, -0.25) is 0 Å². The number of hydrogen-bond acceptors (Lipinski definition) is 1. The Kier molecular flexibility index (Phi) is 2.74. The molecule has 3 atom stereocenters. The summed E-state index contributed by atoms with van der Waals surface area (Å²) in [5.74, 6) is 0.784. The minimum atomic E-state index is 0.459. The van der Waals surface area contributed by atoms with Crippen molar-refractivity contribution in [2.75, 3.05) is 6.54 Å². The summed E-state index contributed by atoms with van der Waals surface area (Å²) >= 11 is 0. The zero-order valence-electron chi connectivity index (χ0n) is 11.0. The predicted molar refractivity (Wildman–Crippen MR) is 72.3 cm³/mol. The van der Waals surface area contributed by atoms with E-state index in [0.717, 1.165) is 12.0 Å². The molecule has 1 nitrogen and oxygen atoms in total. The van der Waals surface area contributed by atoms with Crippen LogP contribution in [-0.4, -0.2) is 12.6 Å². The monoisotopic (exact) mass is 229 g/mol.